The summed E-state index contributed by atoms with van der Waals surface area (Å²) in [6.07, 6.45) is 1.16. The van der Waals surface area contributed by atoms with E-state index in [9.17, 15) is 0 Å². The van der Waals surface area contributed by atoms with E-state index in [0.717, 1.165) is 19.5 Å². The lowest BCUT2D eigenvalue weighted by molar-refractivity contribution is -0.0376. The molecule has 0 bridgehead atoms. The molecule has 3 heteroatoms. The third kappa shape index (κ3) is 8.31. The van der Waals surface area contributed by atoms with E-state index in [-0.39, 0.29) is 5.60 Å². The molecular formula is C17H29NO2. The van der Waals surface area contributed by atoms with Crippen molar-refractivity contribution < 1.29 is 9.47 Å². The molecule has 0 unspecified atom stereocenters. The maximum absolute atomic E-state index is 5.65. The summed E-state index contributed by atoms with van der Waals surface area (Å²) in [7, 11) is 0. The summed E-state index contributed by atoms with van der Waals surface area (Å²) in [5.41, 5.74) is 2.44. The van der Waals surface area contributed by atoms with Crippen LogP contribution in [0.1, 0.15) is 45.2 Å². The fourth-order valence-electron chi connectivity index (χ4n) is 1.84. The van der Waals surface area contributed by atoms with Gasteiger partial charge in [0.05, 0.1) is 25.4 Å². The van der Waals surface area contributed by atoms with Crippen LogP contribution >= 0.6 is 0 Å². The molecular weight excluding hydrogens is 250 g/mol. The molecule has 0 aliphatic heterocycles. The highest BCUT2D eigenvalue weighted by molar-refractivity contribution is 5.22. The molecule has 0 amide bonds. The van der Waals surface area contributed by atoms with Crippen LogP contribution < -0.4 is 5.32 Å². The van der Waals surface area contributed by atoms with Crippen LogP contribution in [0.4, 0.5) is 0 Å². The Kier molecular flexibility index (Phi) is 7.82. The molecule has 0 aromatic heterocycles. The molecule has 0 radical (unpaired) electrons. The molecule has 20 heavy (non-hydrogen) atoms. The number of rotatable bonds is 9. The normalized spacial score (nSPS) is 11.8. The lowest BCUT2D eigenvalue weighted by Gasteiger charge is -2.19. The summed E-state index contributed by atoms with van der Waals surface area (Å²) in [6, 6.07) is 8.55. The van der Waals surface area contributed by atoms with Gasteiger partial charge in [0.25, 0.3) is 0 Å². The lowest BCUT2D eigenvalue weighted by atomic mass is 10.1. The minimum Gasteiger partial charge on any atom is -0.374 e. The van der Waals surface area contributed by atoms with Crippen LogP contribution in [0.5, 0.6) is 0 Å². The average molecular weight is 279 g/mol. The van der Waals surface area contributed by atoms with Crippen LogP contribution in [0, 0.1) is 0 Å². The van der Waals surface area contributed by atoms with Crippen LogP contribution in [0.25, 0.3) is 0 Å². The van der Waals surface area contributed by atoms with Crippen molar-refractivity contribution in [2.45, 2.75) is 52.9 Å². The molecule has 114 valence electrons. The Morgan fingerprint density at radius 3 is 2.55 bits per heavy atom. The highest BCUT2D eigenvalue weighted by Gasteiger charge is 2.08. The van der Waals surface area contributed by atoms with Crippen LogP contribution in [0.15, 0.2) is 24.3 Å². The van der Waals surface area contributed by atoms with Crippen LogP contribution in [-0.4, -0.2) is 25.4 Å². The van der Waals surface area contributed by atoms with E-state index in [0.29, 0.717) is 19.8 Å². The van der Waals surface area contributed by atoms with Gasteiger partial charge in [0, 0.05) is 6.54 Å². The van der Waals surface area contributed by atoms with Crippen molar-refractivity contribution in [3.8, 4) is 0 Å². The maximum Gasteiger partial charge on any atom is 0.0718 e. The average Bonchev–Trinajstić information content (AvgIpc) is 2.38. The Morgan fingerprint density at radius 2 is 1.85 bits per heavy atom. The van der Waals surface area contributed by atoms with E-state index < -0.39 is 0 Å². The Balaban J connectivity index is 2.24. The van der Waals surface area contributed by atoms with Gasteiger partial charge in [0.15, 0.2) is 0 Å². The van der Waals surface area contributed by atoms with Crippen LogP contribution in [-0.2, 0) is 22.6 Å². The van der Waals surface area contributed by atoms with Crippen molar-refractivity contribution in [1.29, 1.82) is 0 Å². The van der Waals surface area contributed by atoms with Crippen molar-refractivity contribution in [2.75, 3.05) is 19.8 Å². The van der Waals surface area contributed by atoms with Crippen molar-refractivity contribution in [3.63, 3.8) is 0 Å². The number of benzene rings is 1. The van der Waals surface area contributed by atoms with E-state index in [2.05, 4.69) is 57.3 Å². The minimum atomic E-state index is -0.0891. The molecule has 0 spiro atoms. The van der Waals surface area contributed by atoms with Crippen molar-refractivity contribution in [3.05, 3.63) is 35.4 Å². The first kappa shape index (κ1) is 17.2. The number of nitrogens with one attached hydrogen (secondary N) is 1. The van der Waals surface area contributed by atoms with Crippen LogP contribution in [0.2, 0.25) is 0 Å². The number of ether oxygens (including phenoxy) is 2. The molecule has 1 N–H and O–H groups in total. The fourth-order valence-corrected chi connectivity index (χ4v) is 1.84. The molecule has 0 aliphatic carbocycles. The van der Waals surface area contributed by atoms with Gasteiger partial charge in [0.2, 0.25) is 0 Å². The quantitative estimate of drug-likeness (QED) is 0.702. The predicted octanol–water partition coefficient (Wildman–Crippen LogP) is 3.52. The minimum absolute atomic E-state index is 0.0891. The zero-order valence-electron chi connectivity index (χ0n) is 13.4. The molecule has 0 atom stereocenters. The summed E-state index contributed by atoms with van der Waals surface area (Å²) in [5.74, 6) is 0. The maximum atomic E-state index is 5.65. The van der Waals surface area contributed by atoms with Gasteiger partial charge in [-0.3, -0.25) is 0 Å². The lowest BCUT2D eigenvalue weighted by Crippen LogP contribution is -2.21. The molecule has 0 saturated carbocycles. The van der Waals surface area contributed by atoms with Gasteiger partial charge in [-0.2, -0.15) is 0 Å². The molecule has 0 fully saturated rings. The Hall–Kier alpha value is -0.900. The molecule has 3 nitrogen and oxygen atoms in total. The number of hydrogen-bond acceptors (Lipinski definition) is 3. The molecule has 0 heterocycles. The van der Waals surface area contributed by atoms with Crippen molar-refractivity contribution in [2.24, 2.45) is 0 Å². The van der Waals surface area contributed by atoms with Gasteiger partial charge in [-0.05, 0) is 44.9 Å². The summed E-state index contributed by atoms with van der Waals surface area (Å²) in [6.45, 7) is 12.3. The fraction of sp³-hybridized carbons (Fsp3) is 0.647. The van der Waals surface area contributed by atoms with Crippen molar-refractivity contribution in [1.82, 2.24) is 5.32 Å². The Labute approximate surface area is 123 Å². The second-order valence-electron chi connectivity index (χ2n) is 6.01. The zero-order chi connectivity index (χ0) is 14.8. The Morgan fingerprint density at radius 1 is 1.10 bits per heavy atom. The highest BCUT2D eigenvalue weighted by Crippen LogP contribution is 2.08. The van der Waals surface area contributed by atoms with Gasteiger partial charge in [-0.1, -0.05) is 31.2 Å². The molecule has 0 aliphatic rings. The van der Waals surface area contributed by atoms with Crippen molar-refractivity contribution >= 4 is 0 Å². The first-order valence-electron chi connectivity index (χ1n) is 7.51. The first-order chi connectivity index (χ1) is 9.51. The SMILES string of the molecule is CCCNCc1cccc(COCCOC(C)(C)C)c1. The van der Waals surface area contributed by atoms with E-state index >= 15 is 0 Å². The monoisotopic (exact) mass is 279 g/mol. The molecule has 1 rings (SSSR count). The summed E-state index contributed by atoms with van der Waals surface area (Å²) >= 11 is 0. The Bertz CT molecular complexity index is 371. The summed E-state index contributed by atoms with van der Waals surface area (Å²) in [5, 5.41) is 3.41. The van der Waals surface area contributed by atoms with E-state index in [1.807, 2.05) is 0 Å². The van der Waals surface area contributed by atoms with E-state index in [4.69, 9.17) is 9.47 Å². The molecule has 0 saturated heterocycles. The topological polar surface area (TPSA) is 30.5 Å². The van der Waals surface area contributed by atoms with Gasteiger partial charge in [-0.15, -0.1) is 0 Å². The van der Waals surface area contributed by atoms with Gasteiger partial charge in [0.1, 0.15) is 0 Å². The summed E-state index contributed by atoms with van der Waals surface area (Å²) < 4.78 is 11.3. The smallest absolute Gasteiger partial charge is 0.0718 e. The predicted molar refractivity (Wildman–Crippen MR) is 83.8 cm³/mol. The summed E-state index contributed by atoms with van der Waals surface area (Å²) in [4.78, 5) is 0. The zero-order valence-corrected chi connectivity index (χ0v) is 13.4. The highest BCUT2D eigenvalue weighted by atomic mass is 16.5. The van der Waals surface area contributed by atoms with E-state index in [1.54, 1.807) is 0 Å². The third-order valence-corrected chi connectivity index (χ3v) is 2.78. The largest absolute Gasteiger partial charge is 0.374 e. The van der Waals surface area contributed by atoms with Crippen LogP contribution in [0.3, 0.4) is 0 Å². The number of hydrogen-bond donors (Lipinski definition) is 1. The van der Waals surface area contributed by atoms with Gasteiger partial charge < -0.3 is 14.8 Å². The standard InChI is InChI=1S/C17H29NO2/c1-5-9-18-13-15-7-6-8-16(12-15)14-19-10-11-20-17(2,3)4/h6-8,12,18H,5,9-11,13-14H2,1-4H3. The molecule has 1 aromatic carbocycles. The van der Waals surface area contributed by atoms with Gasteiger partial charge in [-0.25, -0.2) is 0 Å². The molecule has 1 aromatic rings. The second-order valence-corrected chi connectivity index (χ2v) is 6.01. The third-order valence-electron chi connectivity index (χ3n) is 2.78. The second kappa shape index (κ2) is 9.11. The van der Waals surface area contributed by atoms with Gasteiger partial charge >= 0.3 is 0 Å². The van der Waals surface area contributed by atoms with E-state index in [1.165, 1.54) is 11.1 Å². The first-order valence-corrected chi connectivity index (χ1v) is 7.51.